The number of rotatable bonds is 4. The summed E-state index contributed by atoms with van der Waals surface area (Å²) in [6.45, 7) is 5.31. The van der Waals surface area contributed by atoms with E-state index in [4.69, 9.17) is 9.47 Å². The van der Waals surface area contributed by atoms with Gasteiger partial charge in [0.15, 0.2) is 11.5 Å². The first-order valence-electron chi connectivity index (χ1n) is 10.9. The van der Waals surface area contributed by atoms with Crippen molar-refractivity contribution < 1.29 is 27.5 Å². The summed E-state index contributed by atoms with van der Waals surface area (Å²) >= 11 is 0. The van der Waals surface area contributed by atoms with Crippen molar-refractivity contribution in [3.05, 3.63) is 53.6 Å². The summed E-state index contributed by atoms with van der Waals surface area (Å²) < 4.78 is 36.2. The van der Waals surface area contributed by atoms with Gasteiger partial charge >= 0.3 is 0 Å². The zero-order valence-electron chi connectivity index (χ0n) is 18.3. The standard InChI is InChI=1S/C23H25N3O6S/c1-16-14-33(29,30)26(22(16)27)19-5-3-18(4-6-19)23(28)25-10-8-24(9-11-25)13-17-2-7-20-21(12-17)32-15-31-20/h2-7,12,16H,8-11,13-15H2,1H3/t16-/m1/s1. The van der Waals surface area contributed by atoms with Crippen molar-refractivity contribution >= 4 is 27.5 Å². The number of benzene rings is 2. The maximum Gasteiger partial charge on any atom is 0.253 e. The summed E-state index contributed by atoms with van der Waals surface area (Å²) in [7, 11) is -3.66. The van der Waals surface area contributed by atoms with E-state index in [1.807, 2.05) is 18.2 Å². The smallest absolute Gasteiger partial charge is 0.253 e. The van der Waals surface area contributed by atoms with Crippen LogP contribution in [0.1, 0.15) is 22.8 Å². The van der Waals surface area contributed by atoms with E-state index in [9.17, 15) is 18.0 Å². The Balaban J connectivity index is 1.19. The van der Waals surface area contributed by atoms with Gasteiger partial charge in [0.05, 0.1) is 17.4 Å². The Kier molecular flexibility index (Phi) is 5.49. The SMILES string of the molecule is C[C@@H]1CS(=O)(=O)N(c2ccc(C(=O)N3CCN(Cc4ccc5c(c4)OCO5)CC3)cc2)C1=O. The number of piperazine rings is 1. The van der Waals surface area contributed by atoms with E-state index >= 15 is 0 Å². The lowest BCUT2D eigenvalue weighted by Crippen LogP contribution is -2.48. The molecular formula is C23H25N3O6S. The van der Waals surface area contributed by atoms with Crippen LogP contribution in [0.5, 0.6) is 11.5 Å². The molecule has 0 aliphatic carbocycles. The fraction of sp³-hybridized carbons (Fsp3) is 0.391. The zero-order chi connectivity index (χ0) is 23.2. The third kappa shape index (κ3) is 4.16. The molecule has 3 heterocycles. The molecule has 2 fully saturated rings. The fourth-order valence-electron chi connectivity index (χ4n) is 4.42. The van der Waals surface area contributed by atoms with Gasteiger partial charge in [0.25, 0.3) is 5.91 Å². The maximum atomic E-state index is 12.9. The minimum atomic E-state index is -3.66. The summed E-state index contributed by atoms with van der Waals surface area (Å²) in [6.07, 6.45) is 0. The summed E-state index contributed by atoms with van der Waals surface area (Å²) in [5, 5.41) is 0. The number of fused-ring (bicyclic) bond motifs is 1. The number of ether oxygens (including phenoxy) is 2. The van der Waals surface area contributed by atoms with Gasteiger partial charge in [-0.1, -0.05) is 13.0 Å². The number of carbonyl (C=O) groups excluding carboxylic acids is 2. The van der Waals surface area contributed by atoms with Crippen molar-refractivity contribution in [3.8, 4) is 11.5 Å². The molecule has 3 aliphatic rings. The number of sulfonamides is 1. The third-order valence-corrected chi connectivity index (χ3v) is 8.08. The van der Waals surface area contributed by atoms with E-state index in [0.717, 1.165) is 41.0 Å². The number of hydrogen-bond acceptors (Lipinski definition) is 7. The highest BCUT2D eigenvalue weighted by molar-refractivity contribution is 7.94. The largest absolute Gasteiger partial charge is 0.454 e. The Bertz CT molecular complexity index is 1190. The van der Waals surface area contributed by atoms with Crippen molar-refractivity contribution in [2.45, 2.75) is 13.5 Å². The first-order valence-corrected chi connectivity index (χ1v) is 12.5. The fourth-order valence-corrected chi connectivity index (χ4v) is 6.24. The molecule has 3 aliphatic heterocycles. The molecule has 0 bridgehead atoms. The third-order valence-electron chi connectivity index (χ3n) is 6.21. The second kappa shape index (κ2) is 8.35. The van der Waals surface area contributed by atoms with Gasteiger partial charge in [0.2, 0.25) is 22.7 Å². The quantitative estimate of drug-likeness (QED) is 0.669. The molecule has 2 aromatic carbocycles. The minimum absolute atomic E-state index is 0.103. The van der Waals surface area contributed by atoms with Crippen LogP contribution in [0, 0.1) is 5.92 Å². The average Bonchev–Trinajstić information content (AvgIpc) is 3.34. The van der Waals surface area contributed by atoms with Crippen LogP contribution in [0.3, 0.4) is 0 Å². The molecule has 0 radical (unpaired) electrons. The van der Waals surface area contributed by atoms with E-state index < -0.39 is 21.8 Å². The van der Waals surface area contributed by atoms with Crippen LogP contribution >= 0.6 is 0 Å². The monoisotopic (exact) mass is 471 g/mol. The van der Waals surface area contributed by atoms with Gasteiger partial charge in [-0.3, -0.25) is 14.5 Å². The lowest BCUT2D eigenvalue weighted by atomic mass is 10.1. The Morgan fingerprint density at radius 2 is 1.70 bits per heavy atom. The van der Waals surface area contributed by atoms with Crippen molar-refractivity contribution in [1.82, 2.24) is 9.80 Å². The Morgan fingerprint density at radius 1 is 1.00 bits per heavy atom. The minimum Gasteiger partial charge on any atom is -0.454 e. The molecule has 33 heavy (non-hydrogen) atoms. The van der Waals surface area contributed by atoms with Crippen LogP contribution in [0.15, 0.2) is 42.5 Å². The van der Waals surface area contributed by atoms with Gasteiger partial charge in [-0.05, 0) is 42.0 Å². The van der Waals surface area contributed by atoms with Gasteiger partial charge in [0.1, 0.15) is 0 Å². The number of carbonyl (C=O) groups is 2. The van der Waals surface area contributed by atoms with Crippen molar-refractivity contribution in [2.24, 2.45) is 5.92 Å². The van der Waals surface area contributed by atoms with Crippen LogP contribution in [0.4, 0.5) is 5.69 Å². The Hall–Kier alpha value is -3.11. The summed E-state index contributed by atoms with van der Waals surface area (Å²) in [5.74, 6) is 0.235. The molecule has 0 unspecified atom stereocenters. The van der Waals surface area contributed by atoms with E-state index in [-0.39, 0.29) is 24.1 Å². The molecule has 174 valence electrons. The molecule has 0 saturated carbocycles. The first-order chi connectivity index (χ1) is 15.8. The van der Waals surface area contributed by atoms with Gasteiger partial charge < -0.3 is 14.4 Å². The molecular weight excluding hydrogens is 446 g/mol. The Morgan fingerprint density at radius 3 is 2.36 bits per heavy atom. The van der Waals surface area contributed by atoms with Crippen molar-refractivity contribution in [2.75, 3.05) is 43.0 Å². The molecule has 2 aromatic rings. The summed E-state index contributed by atoms with van der Waals surface area (Å²) in [4.78, 5) is 29.3. The average molecular weight is 472 g/mol. The molecule has 0 N–H and O–H groups in total. The molecule has 2 amide bonds. The normalized spacial score (nSPS) is 22.1. The van der Waals surface area contributed by atoms with E-state index in [0.29, 0.717) is 18.7 Å². The van der Waals surface area contributed by atoms with Gasteiger partial charge in [-0.25, -0.2) is 12.7 Å². The Labute approximate surface area is 192 Å². The summed E-state index contributed by atoms with van der Waals surface area (Å²) in [6, 6.07) is 12.2. The van der Waals surface area contributed by atoms with Crippen molar-refractivity contribution in [3.63, 3.8) is 0 Å². The van der Waals surface area contributed by atoms with E-state index in [2.05, 4.69) is 4.90 Å². The maximum absolute atomic E-state index is 12.9. The van der Waals surface area contributed by atoms with E-state index in [1.54, 1.807) is 24.0 Å². The van der Waals surface area contributed by atoms with Gasteiger partial charge in [0, 0.05) is 38.3 Å². The van der Waals surface area contributed by atoms with Crippen LogP contribution in [0.25, 0.3) is 0 Å². The molecule has 10 heteroatoms. The highest BCUT2D eigenvalue weighted by Gasteiger charge is 2.42. The zero-order valence-corrected chi connectivity index (χ0v) is 19.1. The summed E-state index contributed by atoms with van der Waals surface area (Å²) in [5.41, 5.74) is 1.88. The number of hydrogen-bond donors (Lipinski definition) is 0. The van der Waals surface area contributed by atoms with Crippen LogP contribution in [0.2, 0.25) is 0 Å². The number of amides is 2. The highest BCUT2D eigenvalue weighted by Crippen LogP contribution is 2.33. The first kappa shape index (κ1) is 21.7. The number of nitrogens with zero attached hydrogens (tertiary/aromatic N) is 3. The molecule has 5 rings (SSSR count). The molecule has 1 atom stereocenters. The highest BCUT2D eigenvalue weighted by atomic mass is 32.2. The predicted octanol–water partition coefficient (Wildman–Crippen LogP) is 1.69. The van der Waals surface area contributed by atoms with Crippen molar-refractivity contribution in [1.29, 1.82) is 0 Å². The van der Waals surface area contributed by atoms with Crippen LogP contribution in [-0.2, 0) is 21.4 Å². The van der Waals surface area contributed by atoms with Crippen LogP contribution in [-0.4, -0.2) is 68.8 Å². The lowest BCUT2D eigenvalue weighted by Gasteiger charge is -2.34. The second-order valence-electron chi connectivity index (χ2n) is 8.59. The molecule has 0 aromatic heterocycles. The van der Waals surface area contributed by atoms with E-state index in [1.165, 1.54) is 12.1 Å². The molecule has 2 saturated heterocycles. The second-order valence-corrected chi connectivity index (χ2v) is 10.4. The molecule has 9 nitrogen and oxygen atoms in total. The lowest BCUT2D eigenvalue weighted by molar-refractivity contribution is -0.119. The van der Waals surface area contributed by atoms with Gasteiger partial charge in [-0.15, -0.1) is 0 Å². The molecule has 0 spiro atoms. The van der Waals surface area contributed by atoms with Crippen LogP contribution < -0.4 is 13.8 Å². The predicted molar refractivity (Wildman–Crippen MR) is 121 cm³/mol. The number of anilines is 1. The van der Waals surface area contributed by atoms with Gasteiger partial charge in [-0.2, -0.15) is 0 Å². The topological polar surface area (TPSA) is 96.5 Å².